The SMILES string of the molecule is FC(F)C(F)(C(COC(F)(F)F)OC(COC(F)(F)F)C(F)(C(F)F)C(F)(F)F)C(F)(F)F. The zero-order valence-electron chi connectivity index (χ0n) is 14.8. The third-order valence-electron chi connectivity index (χ3n) is 3.57. The third-order valence-corrected chi connectivity index (χ3v) is 3.57. The molecular weight excluding hydrogens is 534 g/mol. The molecule has 0 aliphatic rings. The van der Waals surface area contributed by atoms with Crippen molar-refractivity contribution in [2.24, 2.45) is 0 Å². The third kappa shape index (κ3) is 7.82. The second-order valence-corrected chi connectivity index (χ2v) is 5.76. The van der Waals surface area contributed by atoms with E-state index in [4.69, 9.17) is 0 Å². The zero-order chi connectivity index (χ0) is 26.8. The van der Waals surface area contributed by atoms with Crippen LogP contribution in [0.5, 0.6) is 0 Å². The minimum atomic E-state index is -7.06. The normalized spacial score (nSPS) is 20.0. The lowest BCUT2D eigenvalue weighted by Gasteiger charge is -2.40. The Hall–Kier alpha value is -1.38. The van der Waals surface area contributed by atoms with Gasteiger partial charge in [0, 0.05) is 0 Å². The molecule has 0 aromatic rings. The summed E-state index contributed by atoms with van der Waals surface area (Å²) in [5, 5.41) is 0. The molecule has 200 valence electrons. The monoisotopic (exact) mass is 542 g/mol. The number of halogens is 18. The molecule has 21 heteroatoms. The standard InChI is InChI=1S/C12H8F18O3/c13-5(14)7(17,9(19,20)21)3(1-31-11(25,26)27)33-4(2-32-12(28,29)30)8(18,6(15)16)10(22,23)24/h3-6H,1-2H2. The Balaban J connectivity index is 6.67. The highest BCUT2D eigenvalue weighted by Crippen LogP contribution is 2.47. The molecule has 0 spiro atoms. The van der Waals surface area contributed by atoms with Gasteiger partial charge in [-0.2, -0.15) is 26.3 Å². The van der Waals surface area contributed by atoms with Crippen molar-refractivity contribution in [2.45, 2.75) is 61.5 Å². The van der Waals surface area contributed by atoms with E-state index in [0.29, 0.717) is 0 Å². The molecule has 0 N–H and O–H groups in total. The van der Waals surface area contributed by atoms with E-state index in [-0.39, 0.29) is 0 Å². The van der Waals surface area contributed by atoms with Crippen LogP contribution in [-0.4, -0.2) is 74.7 Å². The molecule has 33 heavy (non-hydrogen) atoms. The summed E-state index contributed by atoms with van der Waals surface area (Å²) < 4.78 is 237. The van der Waals surface area contributed by atoms with Crippen molar-refractivity contribution in [2.75, 3.05) is 13.2 Å². The molecule has 0 saturated heterocycles. The van der Waals surface area contributed by atoms with Crippen LogP contribution >= 0.6 is 0 Å². The van der Waals surface area contributed by atoms with E-state index >= 15 is 0 Å². The maximum Gasteiger partial charge on any atom is 0.522 e. The Bertz CT molecular complexity index is 557. The van der Waals surface area contributed by atoms with Crippen LogP contribution in [0.2, 0.25) is 0 Å². The number of hydrogen-bond acceptors (Lipinski definition) is 3. The topological polar surface area (TPSA) is 27.7 Å². The maximum atomic E-state index is 14.1. The van der Waals surface area contributed by atoms with E-state index in [0.717, 1.165) is 0 Å². The average Bonchev–Trinajstić information content (AvgIpc) is 2.55. The van der Waals surface area contributed by atoms with Crippen LogP contribution in [0.25, 0.3) is 0 Å². The van der Waals surface area contributed by atoms with Crippen molar-refractivity contribution >= 4 is 0 Å². The molecule has 0 amide bonds. The lowest BCUT2D eigenvalue weighted by molar-refractivity contribution is -0.383. The Kier molecular flexibility index (Phi) is 9.66. The Morgan fingerprint density at radius 1 is 0.455 bits per heavy atom. The van der Waals surface area contributed by atoms with Gasteiger partial charge < -0.3 is 4.74 Å². The molecule has 0 aromatic carbocycles. The second kappa shape index (κ2) is 10.1. The molecule has 0 bridgehead atoms. The summed E-state index contributed by atoms with van der Waals surface area (Å²) in [4.78, 5) is 0. The van der Waals surface area contributed by atoms with Gasteiger partial charge in [0.05, 0.1) is 13.2 Å². The summed E-state index contributed by atoms with van der Waals surface area (Å²) in [6.07, 6.45) is -47.0. The number of alkyl halides is 18. The van der Waals surface area contributed by atoms with Gasteiger partial charge in [-0.3, -0.25) is 9.47 Å². The molecule has 4 unspecified atom stereocenters. The van der Waals surface area contributed by atoms with Crippen LogP contribution in [0.1, 0.15) is 0 Å². The zero-order valence-corrected chi connectivity index (χ0v) is 14.8. The highest BCUT2D eigenvalue weighted by molar-refractivity contribution is 5.02. The highest BCUT2D eigenvalue weighted by Gasteiger charge is 2.72. The van der Waals surface area contributed by atoms with Gasteiger partial charge in [-0.15, -0.1) is 26.3 Å². The van der Waals surface area contributed by atoms with E-state index in [1.807, 2.05) is 0 Å². The molecule has 0 heterocycles. The molecule has 0 fully saturated rings. The Morgan fingerprint density at radius 2 is 0.697 bits per heavy atom. The quantitative estimate of drug-likeness (QED) is 0.323. The smallest absolute Gasteiger partial charge is 0.362 e. The summed E-state index contributed by atoms with van der Waals surface area (Å²) in [6.45, 7) is -6.38. The van der Waals surface area contributed by atoms with Gasteiger partial charge in [0.2, 0.25) is 0 Å². The van der Waals surface area contributed by atoms with E-state index in [1.165, 1.54) is 0 Å². The lowest BCUT2D eigenvalue weighted by atomic mass is 9.95. The van der Waals surface area contributed by atoms with Gasteiger partial charge in [-0.1, -0.05) is 0 Å². The first kappa shape index (κ1) is 31.6. The molecule has 0 aliphatic carbocycles. The fraction of sp³-hybridized carbons (Fsp3) is 1.00. The van der Waals surface area contributed by atoms with Crippen molar-refractivity contribution in [3.63, 3.8) is 0 Å². The predicted molar refractivity (Wildman–Crippen MR) is 64.5 cm³/mol. The first-order valence-corrected chi connectivity index (χ1v) is 7.45. The fourth-order valence-electron chi connectivity index (χ4n) is 1.95. The van der Waals surface area contributed by atoms with Gasteiger partial charge in [-0.05, 0) is 0 Å². The van der Waals surface area contributed by atoms with E-state index in [1.54, 1.807) is 0 Å². The van der Waals surface area contributed by atoms with Gasteiger partial charge in [-0.25, -0.2) is 26.3 Å². The predicted octanol–water partition coefficient (Wildman–Crippen LogP) is 5.88. The summed E-state index contributed by atoms with van der Waals surface area (Å²) in [5.74, 6) is 0. The van der Waals surface area contributed by atoms with Crippen LogP contribution in [0, 0.1) is 0 Å². The first-order chi connectivity index (χ1) is 14.3. The van der Waals surface area contributed by atoms with Crippen LogP contribution in [0.15, 0.2) is 0 Å². The van der Waals surface area contributed by atoms with Gasteiger partial charge >= 0.3 is 25.1 Å². The van der Waals surface area contributed by atoms with Crippen molar-refractivity contribution < 1.29 is 93.2 Å². The Morgan fingerprint density at radius 3 is 0.848 bits per heavy atom. The van der Waals surface area contributed by atoms with Crippen molar-refractivity contribution in [3.8, 4) is 0 Å². The summed E-state index contributed by atoms with van der Waals surface area (Å²) >= 11 is 0. The van der Waals surface area contributed by atoms with Crippen molar-refractivity contribution in [3.05, 3.63) is 0 Å². The molecule has 0 aliphatic heterocycles. The fourth-order valence-corrected chi connectivity index (χ4v) is 1.95. The molecule has 3 nitrogen and oxygen atoms in total. The average molecular weight is 542 g/mol. The van der Waals surface area contributed by atoms with Crippen LogP contribution in [-0.2, 0) is 14.2 Å². The van der Waals surface area contributed by atoms with Gasteiger partial charge in [0.15, 0.2) is 0 Å². The van der Waals surface area contributed by atoms with Crippen molar-refractivity contribution in [1.82, 2.24) is 0 Å². The Labute approximate surface area is 169 Å². The van der Waals surface area contributed by atoms with Crippen LogP contribution in [0.4, 0.5) is 79.0 Å². The summed E-state index contributed by atoms with van der Waals surface area (Å²) in [6, 6.07) is 0. The number of rotatable bonds is 10. The minimum absolute atomic E-state index is 2.54. The van der Waals surface area contributed by atoms with E-state index in [9.17, 15) is 79.0 Å². The lowest BCUT2D eigenvalue weighted by Crippen LogP contribution is -2.65. The number of ether oxygens (including phenoxy) is 3. The maximum absolute atomic E-state index is 14.1. The van der Waals surface area contributed by atoms with Gasteiger partial charge in [0.1, 0.15) is 12.2 Å². The first-order valence-electron chi connectivity index (χ1n) is 7.45. The summed E-state index contributed by atoms with van der Waals surface area (Å²) in [5.41, 5.74) is -13.0. The molecule has 0 radical (unpaired) electrons. The van der Waals surface area contributed by atoms with E-state index in [2.05, 4.69) is 14.2 Å². The summed E-state index contributed by atoms with van der Waals surface area (Å²) in [7, 11) is 0. The molecule has 4 atom stereocenters. The van der Waals surface area contributed by atoms with Crippen molar-refractivity contribution in [1.29, 1.82) is 0 Å². The number of hydrogen-bond donors (Lipinski definition) is 0. The van der Waals surface area contributed by atoms with Crippen LogP contribution < -0.4 is 0 Å². The van der Waals surface area contributed by atoms with Crippen LogP contribution in [0.3, 0.4) is 0 Å². The van der Waals surface area contributed by atoms with E-state index < -0.39 is 74.7 Å². The largest absolute Gasteiger partial charge is 0.522 e. The second-order valence-electron chi connectivity index (χ2n) is 5.76. The molecule has 0 saturated carbocycles. The highest BCUT2D eigenvalue weighted by atomic mass is 19.4. The molecule has 0 rings (SSSR count). The molecular formula is C12H8F18O3. The van der Waals surface area contributed by atoms with Gasteiger partial charge in [0.25, 0.3) is 24.2 Å². The molecule has 0 aromatic heterocycles. The minimum Gasteiger partial charge on any atom is -0.362 e.